The molecule has 0 heterocycles. The van der Waals surface area contributed by atoms with Gasteiger partial charge in [-0.3, -0.25) is 0 Å². The Balaban J connectivity index is 2.22. The number of hydrogen-bond donors (Lipinski definition) is 2. The van der Waals surface area contributed by atoms with E-state index >= 15 is 0 Å². The molecule has 0 unspecified atom stereocenters. The van der Waals surface area contributed by atoms with E-state index in [0.717, 1.165) is 18.4 Å². The summed E-state index contributed by atoms with van der Waals surface area (Å²) >= 11 is 0. The molecule has 0 saturated heterocycles. The van der Waals surface area contributed by atoms with Gasteiger partial charge in [0.1, 0.15) is 5.60 Å². The van der Waals surface area contributed by atoms with Gasteiger partial charge in [-0.1, -0.05) is 12.1 Å². The molecule has 1 aliphatic carbocycles. The third-order valence-electron chi connectivity index (χ3n) is 2.42. The predicted molar refractivity (Wildman–Crippen MR) is 50.9 cm³/mol. The zero-order valence-electron chi connectivity index (χ0n) is 7.56. The molecule has 0 aliphatic heterocycles. The van der Waals surface area contributed by atoms with Crippen molar-refractivity contribution in [2.24, 2.45) is 0 Å². The van der Waals surface area contributed by atoms with Crippen LogP contribution in [0.1, 0.15) is 18.4 Å². The minimum Gasteiger partial charge on any atom is -0.450 e. The first-order chi connectivity index (χ1) is 6.62. The highest BCUT2D eigenvalue weighted by Gasteiger charge is 2.48. The number of nitrogen functional groups attached to an aromatic ring is 1. The van der Waals surface area contributed by atoms with Crippen LogP contribution in [0.4, 0.5) is 10.5 Å². The van der Waals surface area contributed by atoms with Crippen molar-refractivity contribution in [3.63, 3.8) is 0 Å². The van der Waals surface area contributed by atoms with Crippen molar-refractivity contribution >= 4 is 11.8 Å². The van der Waals surface area contributed by atoms with Gasteiger partial charge in [0, 0.05) is 5.69 Å². The SMILES string of the molecule is Nc1ccc(C2(OC(=O)O)CC2)cc1. The summed E-state index contributed by atoms with van der Waals surface area (Å²) in [4.78, 5) is 10.4. The van der Waals surface area contributed by atoms with Gasteiger partial charge in [-0.25, -0.2) is 4.79 Å². The second-order valence-electron chi connectivity index (χ2n) is 3.48. The minimum absolute atomic E-state index is 0.598. The van der Waals surface area contributed by atoms with Gasteiger partial charge in [0.15, 0.2) is 0 Å². The Morgan fingerprint density at radius 1 is 1.36 bits per heavy atom. The second kappa shape index (κ2) is 2.90. The van der Waals surface area contributed by atoms with Crippen LogP contribution in [-0.4, -0.2) is 11.3 Å². The molecule has 0 aromatic heterocycles. The number of ether oxygens (including phenoxy) is 1. The zero-order valence-corrected chi connectivity index (χ0v) is 7.56. The molecule has 0 radical (unpaired) electrons. The highest BCUT2D eigenvalue weighted by Crippen LogP contribution is 2.49. The molecule has 74 valence electrons. The predicted octanol–water partition coefficient (Wildman–Crippen LogP) is 1.95. The summed E-state index contributed by atoms with van der Waals surface area (Å²) in [5, 5.41) is 8.56. The first kappa shape index (κ1) is 8.87. The maximum absolute atomic E-state index is 10.4. The van der Waals surface area contributed by atoms with Crippen LogP contribution in [-0.2, 0) is 10.3 Å². The molecule has 0 bridgehead atoms. The van der Waals surface area contributed by atoms with Crippen molar-refractivity contribution in [3.05, 3.63) is 29.8 Å². The molecule has 0 atom stereocenters. The maximum atomic E-state index is 10.4. The maximum Gasteiger partial charge on any atom is 0.506 e. The van der Waals surface area contributed by atoms with E-state index in [4.69, 9.17) is 15.6 Å². The second-order valence-corrected chi connectivity index (χ2v) is 3.48. The van der Waals surface area contributed by atoms with Gasteiger partial charge >= 0.3 is 6.16 Å². The van der Waals surface area contributed by atoms with E-state index in [1.54, 1.807) is 12.1 Å². The van der Waals surface area contributed by atoms with Crippen molar-refractivity contribution in [2.75, 3.05) is 5.73 Å². The van der Waals surface area contributed by atoms with Gasteiger partial charge < -0.3 is 15.6 Å². The Kier molecular flexibility index (Phi) is 1.84. The fourth-order valence-corrected chi connectivity index (χ4v) is 1.52. The van der Waals surface area contributed by atoms with Crippen LogP contribution < -0.4 is 5.73 Å². The van der Waals surface area contributed by atoms with E-state index in [1.165, 1.54) is 0 Å². The Hall–Kier alpha value is -1.71. The average molecular weight is 193 g/mol. The fraction of sp³-hybridized carbons (Fsp3) is 0.300. The molecular weight excluding hydrogens is 182 g/mol. The standard InChI is InChI=1S/C10H11NO3/c11-8-3-1-7(2-4-8)10(5-6-10)14-9(12)13/h1-4H,5-6,11H2,(H,12,13). The van der Waals surface area contributed by atoms with Crippen LogP contribution in [0.3, 0.4) is 0 Å². The number of carboxylic acid groups (broad SMARTS) is 1. The number of hydrogen-bond acceptors (Lipinski definition) is 3. The van der Waals surface area contributed by atoms with Gasteiger partial charge in [0.2, 0.25) is 0 Å². The molecule has 4 nitrogen and oxygen atoms in total. The van der Waals surface area contributed by atoms with E-state index in [1.807, 2.05) is 12.1 Å². The number of carbonyl (C=O) groups is 1. The first-order valence-corrected chi connectivity index (χ1v) is 4.40. The molecule has 2 rings (SSSR count). The van der Waals surface area contributed by atoms with Crippen LogP contribution in [0, 0.1) is 0 Å². The molecule has 1 aliphatic rings. The molecule has 4 heteroatoms. The van der Waals surface area contributed by atoms with E-state index in [9.17, 15) is 4.79 Å². The van der Waals surface area contributed by atoms with Crippen molar-refractivity contribution in [1.29, 1.82) is 0 Å². The monoisotopic (exact) mass is 193 g/mol. The lowest BCUT2D eigenvalue weighted by atomic mass is 10.1. The topological polar surface area (TPSA) is 72.5 Å². The Labute approximate surface area is 81.3 Å². The molecule has 0 amide bonds. The summed E-state index contributed by atoms with van der Waals surface area (Å²) in [6.45, 7) is 0. The molecule has 14 heavy (non-hydrogen) atoms. The summed E-state index contributed by atoms with van der Waals surface area (Å²) in [6.07, 6.45) is 0.284. The van der Waals surface area contributed by atoms with Gasteiger partial charge in [-0.2, -0.15) is 0 Å². The van der Waals surface area contributed by atoms with Gasteiger partial charge in [-0.05, 0) is 30.5 Å². The molecule has 1 aromatic rings. The van der Waals surface area contributed by atoms with E-state index in [2.05, 4.69) is 0 Å². The lowest BCUT2D eigenvalue weighted by Crippen LogP contribution is -2.15. The molecule has 1 aromatic carbocycles. The van der Waals surface area contributed by atoms with Gasteiger partial charge in [0.05, 0.1) is 0 Å². The summed E-state index contributed by atoms with van der Waals surface area (Å²) in [5.41, 5.74) is 6.49. The number of rotatable bonds is 2. The van der Waals surface area contributed by atoms with Crippen molar-refractivity contribution in [3.8, 4) is 0 Å². The van der Waals surface area contributed by atoms with Gasteiger partial charge in [-0.15, -0.1) is 0 Å². The van der Waals surface area contributed by atoms with Crippen LogP contribution in [0.2, 0.25) is 0 Å². The summed E-state index contributed by atoms with van der Waals surface area (Å²) in [5.74, 6) is 0. The normalized spacial score (nSPS) is 17.4. The fourth-order valence-electron chi connectivity index (χ4n) is 1.52. The quantitative estimate of drug-likeness (QED) is 0.556. The molecule has 1 saturated carbocycles. The highest BCUT2D eigenvalue weighted by molar-refractivity contribution is 5.59. The van der Waals surface area contributed by atoms with Gasteiger partial charge in [0.25, 0.3) is 0 Å². The highest BCUT2D eigenvalue weighted by atomic mass is 16.7. The summed E-state index contributed by atoms with van der Waals surface area (Å²) < 4.78 is 4.85. The Bertz CT molecular complexity index is 354. The summed E-state index contributed by atoms with van der Waals surface area (Å²) in [7, 11) is 0. The Morgan fingerprint density at radius 3 is 2.36 bits per heavy atom. The lowest BCUT2D eigenvalue weighted by Gasteiger charge is -2.14. The average Bonchev–Trinajstić information content (AvgIpc) is 2.85. The number of anilines is 1. The smallest absolute Gasteiger partial charge is 0.450 e. The van der Waals surface area contributed by atoms with E-state index in [0.29, 0.717) is 5.69 Å². The first-order valence-electron chi connectivity index (χ1n) is 4.40. The molecule has 0 spiro atoms. The molecular formula is C10H11NO3. The third-order valence-corrected chi connectivity index (χ3v) is 2.42. The Morgan fingerprint density at radius 2 is 1.93 bits per heavy atom. The largest absolute Gasteiger partial charge is 0.506 e. The zero-order chi connectivity index (χ0) is 10.2. The van der Waals surface area contributed by atoms with Crippen LogP contribution in [0.5, 0.6) is 0 Å². The van der Waals surface area contributed by atoms with Crippen LogP contribution >= 0.6 is 0 Å². The minimum atomic E-state index is -1.22. The van der Waals surface area contributed by atoms with Crippen LogP contribution in [0.25, 0.3) is 0 Å². The summed E-state index contributed by atoms with van der Waals surface area (Å²) in [6, 6.07) is 7.12. The van der Waals surface area contributed by atoms with Crippen molar-refractivity contribution in [1.82, 2.24) is 0 Å². The number of nitrogens with two attached hydrogens (primary N) is 1. The van der Waals surface area contributed by atoms with E-state index < -0.39 is 11.8 Å². The molecule has 3 N–H and O–H groups in total. The lowest BCUT2D eigenvalue weighted by molar-refractivity contribution is 0.0375. The van der Waals surface area contributed by atoms with Crippen LogP contribution in [0.15, 0.2) is 24.3 Å². The number of benzene rings is 1. The third kappa shape index (κ3) is 1.51. The van der Waals surface area contributed by atoms with E-state index in [-0.39, 0.29) is 0 Å². The van der Waals surface area contributed by atoms with Crippen molar-refractivity contribution < 1.29 is 14.6 Å². The van der Waals surface area contributed by atoms with Crippen molar-refractivity contribution in [2.45, 2.75) is 18.4 Å². The molecule has 1 fully saturated rings.